The number of aliphatic hydroxyl groups is 1. The van der Waals surface area contributed by atoms with E-state index >= 15 is 0 Å². The van der Waals surface area contributed by atoms with Gasteiger partial charge in [-0.15, -0.1) is 0 Å². The molecule has 0 aliphatic heterocycles. The Labute approximate surface area is 113 Å². The largest absolute Gasteiger partial charge is 0.394 e. The Morgan fingerprint density at radius 3 is 2.58 bits per heavy atom. The number of rotatable bonds is 6. The molecule has 0 aliphatic carbocycles. The summed E-state index contributed by atoms with van der Waals surface area (Å²) in [5, 5.41) is 18.3. The number of hydrogen-bond acceptors (Lipinski definition) is 5. The second-order valence-corrected chi connectivity index (χ2v) is 5.86. The van der Waals surface area contributed by atoms with Crippen molar-refractivity contribution in [3.05, 3.63) is 24.0 Å². The lowest BCUT2D eigenvalue weighted by Crippen LogP contribution is -2.50. The fraction of sp³-hybridized carbons (Fsp3) is 0.500. The van der Waals surface area contributed by atoms with Crippen molar-refractivity contribution in [2.24, 2.45) is 0 Å². The molecule has 1 heterocycles. The molecular weight excluding hydrogens is 266 g/mol. The molecule has 0 aliphatic rings. The van der Waals surface area contributed by atoms with Crippen LogP contribution in [0.25, 0.3) is 0 Å². The Morgan fingerprint density at radius 1 is 1.47 bits per heavy atom. The van der Waals surface area contributed by atoms with Gasteiger partial charge in [-0.3, -0.25) is 0 Å². The highest BCUT2D eigenvalue weighted by atomic mass is 32.2. The van der Waals surface area contributed by atoms with Crippen molar-refractivity contribution in [2.45, 2.75) is 37.1 Å². The topological polar surface area (TPSA) is 103 Å². The van der Waals surface area contributed by atoms with E-state index in [1.54, 1.807) is 19.9 Å². The number of nitrogens with one attached hydrogen (secondary N) is 1. The third-order valence-corrected chi connectivity index (χ3v) is 4.78. The van der Waals surface area contributed by atoms with Gasteiger partial charge in [-0.25, -0.2) is 18.1 Å². The van der Waals surface area contributed by atoms with Crippen LogP contribution in [0.3, 0.4) is 0 Å². The number of pyridine rings is 1. The standard InChI is InChI=1S/C12H17N3O3S/c1-3-12(4-2,9-16)15-19(17,18)11-6-5-7-14-10(11)8-13/h5-7,15-16H,3-4,9H2,1-2H3. The molecule has 0 spiro atoms. The molecule has 0 bridgehead atoms. The van der Waals surface area contributed by atoms with Crippen LogP contribution >= 0.6 is 0 Å². The molecule has 0 saturated heterocycles. The molecule has 6 nitrogen and oxygen atoms in total. The van der Waals surface area contributed by atoms with Gasteiger partial charge in [0.25, 0.3) is 0 Å². The highest BCUT2D eigenvalue weighted by Gasteiger charge is 2.32. The molecule has 0 atom stereocenters. The number of aliphatic hydroxyl groups excluding tert-OH is 1. The molecule has 0 saturated carbocycles. The second-order valence-electron chi connectivity index (χ2n) is 4.21. The SMILES string of the molecule is CCC(CC)(CO)NS(=O)(=O)c1cccnc1C#N. The zero-order valence-corrected chi connectivity index (χ0v) is 11.7. The second kappa shape index (κ2) is 6.10. The summed E-state index contributed by atoms with van der Waals surface area (Å²) in [6.07, 6.45) is 2.25. The summed E-state index contributed by atoms with van der Waals surface area (Å²) in [6.45, 7) is 3.27. The summed E-state index contributed by atoms with van der Waals surface area (Å²) >= 11 is 0. The van der Waals surface area contributed by atoms with Gasteiger partial charge < -0.3 is 5.11 Å². The van der Waals surface area contributed by atoms with Gasteiger partial charge in [0.05, 0.1) is 12.1 Å². The van der Waals surface area contributed by atoms with E-state index in [-0.39, 0.29) is 17.2 Å². The first kappa shape index (κ1) is 15.6. The van der Waals surface area contributed by atoms with E-state index in [1.807, 2.05) is 0 Å². The molecule has 7 heteroatoms. The van der Waals surface area contributed by atoms with Gasteiger partial charge in [0.2, 0.25) is 10.0 Å². The van der Waals surface area contributed by atoms with Gasteiger partial charge in [-0.05, 0) is 25.0 Å². The molecule has 0 amide bonds. The maximum atomic E-state index is 12.3. The van der Waals surface area contributed by atoms with Crippen molar-refractivity contribution in [1.29, 1.82) is 5.26 Å². The fourth-order valence-corrected chi connectivity index (χ4v) is 3.33. The van der Waals surface area contributed by atoms with Gasteiger partial charge in [0, 0.05) is 6.20 Å². The molecule has 1 aromatic rings. The monoisotopic (exact) mass is 283 g/mol. The van der Waals surface area contributed by atoms with Crippen molar-refractivity contribution in [2.75, 3.05) is 6.61 Å². The molecule has 0 radical (unpaired) electrons. The van der Waals surface area contributed by atoms with Crippen LogP contribution in [0.4, 0.5) is 0 Å². The van der Waals surface area contributed by atoms with Gasteiger partial charge in [-0.2, -0.15) is 5.26 Å². The Bertz CT molecular complexity index is 566. The van der Waals surface area contributed by atoms with Crippen molar-refractivity contribution < 1.29 is 13.5 Å². The predicted molar refractivity (Wildman–Crippen MR) is 69.7 cm³/mol. The lowest BCUT2D eigenvalue weighted by Gasteiger charge is -2.30. The molecule has 0 unspecified atom stereocenters. The van der Waals surface area contributed by atoms with E-state index < -0.39 is 15.6 Å². The maximum Gasteiger partial charge on any atom is 0.244 e. The highest BCUT2D eigenvalue weighted by Crippen LogP contribution is 2.20. The van der Waals surface area contributed by atoms with E-state index in [0.717, 1.165) is 0 Å². The van der Waals surface area contributed by atoms with Crippen LogP contribution in [0.5, 0.6) is 0 Å². The van der Waals surface area contributed by atoms with Gasteiger partial charge in [0.1, 0.15) is 11.0 Å². The van der Waals surface area contributed by atoms with Crippen molar-refractivity contribution in [3.8, 4) is 6.07 Å². The highest BCUT2D eigenvalue weighted by molar-refractivity contribution is 7.89. The van der Waals surface area contributed by atoms with Gasteiger partial charge in [0.15, 0.2) is 5.69 Å². The first-order valence-electron chi connectivity index (χ1n) is 5.94. The van der Waals surface area contributed by atoms with E-state index in [9.17, 15) is 13.5 Å². The molecular formula is C12H17N3O3S. The number of hydrogen-bond donors (Lipinski definition) is 2. The summed E-state index contributed by atoms with van der Waals surface area (Å²) in [5.41, 5.74) is -1.07. The van der Waals surface area contributed by atoms with E-state index in [0.29, 0.717) is 12.8 Å². The van der Waals surface area contributed by atoms with Gasteiger partial charge in [-0.1, -0.05) is 13.8 Å². The third kappa shape index (κ3) is 3.29. The summed E-state index contributed by atoms with van der Waals surface area (Å²) < 4.78 is 27.1. The number of nitriles is 1. The molecule has 0 aromatic carbocycles. The van der Waals surface area contributed by atoms with Crippen LogP contribution in [0, 0.1) is 11.3 Å². The van der Waals surface area contributed by atoms with Crippen LogP contribution in [-0.4, -0.2) is 30.7 Å². The minimum atomic E-state index is -3.89. The minimum absolute atomic E-state index is 0.158. The average molecular weight is 283 g/mol. The Hall–Kier alpha value is -1.49. The van der Waals surface area contributed by atoms with Crippen molar-refractivity contribution >= 4 is 10.0 Å². The van der Waals surface area contributed by atoms with Crippen LogP contribution < -0.4 is 4.72 Å². The van der Waals surface area contributed by atoms with E-state index in [1.165, 1.54) is 18.3 Å². The lowest BCUT2D eigenvalue weighted by atomic mass is 9.96. The first-order chi connectivity index (χ1) is 8.94. The van der Waals surface area contributed by atoms with Crippen molar-refractivity contribution in [1.82, 2.24) is 9.71 Å². The van der Waals surface area contributed by atoms with E-state index in [4.69, 9.17) is 5.26 Å². The van der Waals surface area contributed by atoms with Crippen LogP contribution in [0.1, 0.15) is 32.4 Å². The van der Waals surface area contributed by atoms with Crippen LogP contribution in [0.15, 0.2) is 23.2 Å². The Morgan fingerprint density at radius 2 is 2.11 bits per heavy atom. The lowest BCUT2D eigenvalue weighted by molar-refractivity contribution is 0.172. The smallest absolute Gasteiger partial charge is 0.244 e. The maximum absolute atomic E-state index is 12.3. The van der Waals surface area contributed by atoms with Crippen LogP contribution in [0.2, 0.25) is 0 Å². The number of aromatic nitrogens is 1. The molecule has 0 fully saturated rings. The average Bonchev–Trinajstić information content (AvgIpc) is 2.45. The minimum Gasteiger partial charge on any atom is -0.394 e. The predicted octanol–water partition coefficient (Wildman–Crippen LogP) is 0.783. The number of nitrogens with zero attached hydrogens (tertiary/aromatic N) is 2. The quantitative estimate of drug-likeness (QED) is 0.803. The van der Waals surface area contributed by atoms with E-state index in [2.05, 4.69) is 9.71 Å². The third-order valence-electron chi connectivity index (χ3n) is 3.17. The molecule has 1 aromatic heterocycles. The summed E-state index contributed by atoms with van der Waals surface area (Å²) in [5.74, 6) is 0. The molecule has 19 heavy (non-hydrogen) atoms. The zero-order chi connectivity index (χ0) is 14.5. The summed E-state index contributed by atoms with van der Waals surface area (Å²) in [7, 11) is -3.89. The summed E-state index contributed by atoms with van der Waals surface area (Å²) in [4.78, 5) is 3.56. The fourth-order valence-electron chi connectivity index (χ4n) is 1.68. The van der Waals surface area contributed by atoms with Gasteiger partial charge >= 0.3 is 0 Å². The van der Waals surface area contributed by atoms with Crippen LogP contribution in [-0.2, 0) is 10.0 Å². The summed E-state index contributed by atoms with van der Waals surface area (Å²) in [6, 6.07) is 4.52. The zero-order valence-electron chi connectivity index (χ0n) is 10.9. The first-order valence-corrected chi connectivity index (χ1v) is 7.43. The normalized spacial score (nSPS) is 12.1. The van der Waals surface area contributed by atoms with Crippen molar-refractivity contribution in [3.63, 3.8) is 0 Å². The molecule has 104 valence electrons. The number of sulfonamides is 1. The molecule has 1 rings (SSSR count). The Balaban J connectivity index is 3.22. The Kier molecular flexibility index (Phi) is 5.00. The molecule has 2 N–H and O–H groups in total.